The summed E-state index contributed by atoms with van der Waals surface area (Å²) in [6.45, 7) is 0.0588. The van der Waals surface area contributed by atoms with Crippen molar-refractivity contribution in [3.05, 3.63) is 29.5 Å². The van der Waals surface area contributed by atoms with Crippen molar-refractivity contribution in [3.63, 3.8) is 0 Å². The van der Waals surface area contributed by atoms with Crippen LogP contribution in [0.4, 0.5) is 0 Å². The molecule has 70 valence electrons. The van der Waals surface area contributed by atoms with E-state index in [4.69, 9.17) is 9.52 Å². The van der Waals surface area contributed by atoms with Gasteiger partial charge in [-0.15, -0.1) is 11.3 Å². The van der Waals surface area contributed by atoms with E-state index in [9.17, 15) is 0 Å². The molecule has 3 aromatic heterocycles. The van der Waals surface area contributed by atoms with Crippen molar-refractivity contribution in [3.8, 4) is 0 Å². The van der Waals surface area contributed by atoms with Gasteiger partial charge in [-0.25, -0.2) is 0 Å². The molecule has 0 radical (unpaired) electrons. The van der Waals surface area contributed by atoms with Crippen LogP contribution in [-0.4, -0.2) is 10.1 Å². The topological polar surface area (TPSA) is 46.3 Å². The number of thiophene rings is 1. The molecular formula is C10H7NO2S. The molecular weight excluding hydrogens is 198 g/mol. The second-order valence-electron chi connectivity index (χ2n) is 3.05. The molecule has 0 spiro atoms. The van der Waals surface area contributed by atoms with E-state index in [1.165, 1.54) is 11.3 Å². The number of fused-ring (bicyclic) bond motifs is 3. The second kappa shape index (κ2) is 2.80. The molecule has 3 aromatic rings. The summed E-state index contributed by atoms with van der Waals surface area (Å²) in [7, 11) is 0. The zero-order valence-corrected chi connectivity index (χ0v) is 8.04. The third kappa shape index (κ3) is 0.981. The van der Waals surface area contributed by atoms with E-state index in [-0.39, 0.29) is 6.61 Å². The zero-order valence-electron chi connectivity index (χ0n) is 7.23. The third-order valence-electron chi connectivity index (χ3n) is 2.16. The fourth-order valence-electron chi connectivity index (χ4n) is 1.51. The summed E-state index contributed by atoms with van der Waals surface area (Å²) in [6, 6.07) is 3.78. The van der Waals surface area contributed by atoms with Crippen LogP contribution in [0.1, 0.15) is 4.88 Å². The number of pyridine rings is 1. The molecule has 1 N–H and O–H groups in total. The van der Waals surface area contributed by atoms with E-state index in [0.29, 0.717) is 0 Å². The molecule has 0 saturated carbocycles. The van der Waals surface area contributed by atoms with Gasteiger partial charge in [0.05, 0.1) is 23.1 Å². The Morgan fingerprint density at radius 2 is 2.43 bits per heavy atom. The number of nitrogens with zero attached hydrogens (tertiary/aromatic N) is 1. The molecule has 0 aromatic carbocycles. The summed E-state index contributed by atoms with van der Waals surface area (Å²) in [4.78, 5) is 5.20. The summed E-state index contributed by atoms with van der Waals surface area (Å²) in [5, 5.41) is 10.0. The van der Waals surface area contributed by atoms with Gasteiger partial charge in [0.15, 0.2) is 5.58 Å². The van der Waals surface area contributed by atoms with E-state index < -0.39 is 0 Å². The molecule has 0 amide bonds. The highest BCUT2D eigenvalue weighted by atomic mass is 32.1. The number of aliphatic hydroxyl groups is 1. The first-order valence-electron chi connectivity index (χ1n) is 4.24. The highest BCUT2D eigenvalue weighted by Crippen LogP contribution is 2.31. The highest BCUT2D eigenvalue weighted by molar-refractivity contribution is 7.19. The normalized spacial score (nSPS) is 11.5. The van der Waals surface area contributed by atoms with Crippen LogP contribution in [0.2, 0.25) is 0 Å². The van der Waals surface area contributed by atoms with Crippen molar-refractivity contribution in [1.29, 1.82) is 0 Å². The molecule has 0 saturated heterocycles. The maximum atomic E-state index is 9.01. The van der Waals surface area contributed by atoms with Crippen molar-refractivity contribution in [1.82, 2.24) is 4.98 Å². The van der Waals surface area contributed by atoms with Crippen molar-refractivity contribution in [2.75, 3.05) is 0 Å². The molecule has 0 aliphatic heterocycles. The van der Waals surface area contributed by atoms with Gasteiger partial charge < -0.3 is 9.52 Å². The molecule has 3 heterocycles. The highest BCUT2D eigenvalue weighted by Gasteiger charge is 2.08. The van der Waals surface area contributed by atoms with Gasteiger partial charge in [-0.05, 0) is 12.1 Å². The van der Waals surface area contributed by atoms with Gasteiger partial charge in [-0.1, -0.05) is 0 Å². The largest absolute Gasteiger partial charge is 0.463 e. The first-order valence-corrected chi connectivity index (χ1v) is 5.05. The Hall–Kier alpha value is -1.39. The monoisotopic (exact) mass is 205 g/mol. The maximum Gasteiger partial charge on any atom is 0.154 e. The number of aromatic nitrogens is 1. The van der Waals surface area contributed by atoms with Crippen LogP contribution >= 0.6 is 11.3 Å². The lowest BCUT2D eigenvalue weighted by molar-refractivity contribution is 0.285. The van der Waals surface area contributed by atoms with Crippen LogP contribution in [-0.2, 0) is 6.61 Å². The maximum absolute atomic E-state index is 9.01. The molecule has 3 nitrogen and oxygen atoms in total. The Bertz CT molecular complexity index is 596. The van der Waals surface area contributed by atoms with Crippen molar-refractivity contribution in [2.45, 2.75) is 6.61 Å². The summed E-state index contributed by atoms with van der Waals surface area (Å²) in [6.07, 6.45) is 3.44. The predicted octanol–water partition coefficient (Wildman–Crippen LogP) is 2.53. The van der Waals surface area contributed by atoms with Gasteiger partial charge in [0.2, 0.25) is 0 Å². The quantitative estimate of drug-likeness (QED) is 0.664. The Labute approximate surface area is 83.6 Å². The summed E-state index contributed by atoms with van der Waals surface area (Å²) in [5.74, 6) is 0. The van der Waals surface area contributed by atoms with Crippen LogP contribution in [0.15, 0.2) is 29.0 Å². The molecule has 3 rings (SSSR count). The average molecular weight is 205 g/mol. The second-order valence-corrected chi connectivity index (χ2v) is 4.19. The Morgan fingerprint density at radius 3 is 3.29 bits per heavy atom. The van der Waals surface area contributed by atoms with Gasteiger partial charge in [0, 0.05) is 16.5 Å². The van der Waals surface area contributed by atoms with E-state index >= 15 is 0 Å². The first-order chi connectivity index (χ1) is 6.88. The van der Waals surface area contributed by atoms with Crippen molar-refractivity contribution in [2.24, 2.45) is 0 Å². The molecule has 4 heteroatoms. The van der Waals surface area contributed by atoms with Crippen LogP contribution < -0.4 is 0 Å². The fourth-order valence-corrected chi connectivity index (χ4v) is 2.48. The van der Waals surface area contributed by atoms with Gasteiger partial charge in [0.1, 0.15) is 0 Å². The average Bonchev–Trinajstić information content (AvgIpc) is 2.82. The number of hydrogen-bond donors (Lipinski definition) is 1. The summed E-state index contributed by atoms with van der Waals surface area (Å²) < 4.78 is 6.39. The number of hydrogen-bond acceptors (Lipinski definition) is 4. The molecule has 14 heavy (non-hydrogen) atoms. The Morgan fingerprint density at radius 1 is 1.50 bits per heavy atom. The summed E-state index contributed by atoms with van der Waals surface area (Å²) in [5.41, 5.74) is 1.75. The molecule has 0 atom stereocenters. The lowest BCUT2D eigenvalue weighted by Gasteiger charge is -1.88. The van der Waals surface area contributed by atoms with Crippen LogP contribution in [0.3, 0.4) is 0 Å². The van der Waals surface area contributed by atoms with Crippen LogP contribution in [0.5, 0.6) is 0 Å². The van der Waals surface area contributed by atoms with Crippen molar-refractivity contribution >= 4 is 32.5 Å². The molecule has 0 aliphatic rings. The minimum Gasteiger partial charge on any atom is -0.463 e. The van der Waals surface area contributed by atoms with Crippen LogP contribution in [0, 0.1) is 0 Å². The lowest BCUT2D eigenvalue weighted by Crippen LogP contribution is -1.72. The Kier molecular flexibility index (Phi) is 1.59. The standard InChI is InChI=1S/C10H7NO2S/c12-5-7-3-8-10(14-7)9-6(4-11-8)1-2-13-9/h1-4,12H,5H2. The lowest BCUT2D eigenvalue weighted by atomic mass is 10.3. The number of furan rings is 1. The van der Waals surface area contributed by atoms with E-state index in [0.717, 1.165) is 26.1 Å². The van der Waals surface area contributed by atoms with Gasteiger partial charge >= 0.3 is 0 Å². The molecule has 0 aliphatic carbocycles. The third-order valence-corrected chi connectivity index (χ3v) is 3.27. The minimum absolute atomic E-state index is 0.0588. The SMILES string of the molecule is OCc1cc2ncc3ccoc3c2s1. The minimum atomic E-state index is 0.0588. The smallest absolute Gasteiger partial charge is 0.154 e. The summed E-state index contributed by atoms with van der Waals surface area (Å²) >= 11 is 1.53. The van der Waals surface area contributed by atoms with E-state index in [1.54, 1.807) is 12.5 Å². The molecule has 0 bridgehead atoms. The van der Waals surface area contributed by atoms with Gasteiger partial charge in [-0.2, -0.15) is 0 Å². The van der Waals surface area contributed by atoms with E-state index in [1.807, 2.05) is 12.1 Å². The zero-order chi connectivity index (χ0) is 9.54. The van der Waals surface area contributed by atoms with Crippen molar-refractivity contribution < 1.29 is 9.52 Å². The van der Waals surface area contributed by atoms with Gasteiger partial charge in [-0.3, -0.25) is 4.98 Å². The number of rotatable bonds is 1. The molecule has 0 fully saturated rings. The first kappa shape index (κ1) is 7.96. The van der Waals surface area contributed by atoms with E-state index in [2.05, 4.69) is 4.98 Å². The number of aliphatic hydroxyl groups excluding tert-OH is 1. The fraction of sp³-hybridized carbons (Fsp3) is 0.100. The van der Waals surface area contributed by atoms with Crippen LogP contribution in [0.25, 0.3) is 21.2 Å². The Balaban J connectivity index is 2.49. The predicted molar refractivity (Wildman–Crippen MR) is 55.3 cm³/mol. The van der Waals surface area contributed by atoms with Gasteiger partial charge in [0.25, 0.3) is 0 Å². The molecule has 0 unspecified atom stereocenters.